The maximum Gasteiger partial charge on any atom is 0.157 e. The van der Waals surface area contributed by atoms with Gasteiger partial charge in [0.15, 0.2) is 5.17 Å². The Morgan fingerprint density at radius 3 is 2.63 bits per heavy atom. The van der Waals surface area contributed by atoms with Gasteiger partial charge in [-0.25, -0.2) is 8.42 Å². The Labute approximate surface area is 119 Å². The third-order valence-corrected chi connectivity index (χ3v) is 7.28. The van der Waals surface area contributed by atoms with Crippen molar-refractivity contribution in [1.29, 1.82) is 0 Å². The second-order valence-electron chi connectivity index (χ2n) is 5.93. The monoisotopic (exact) mass is 302 g/mol. The van der Waals surface area contributed by atoms with Gasteiger partial charge in [0.25, 0.3) is 0 Å². The molecule has 0 radical (unpaired) electrons. The molecular weight excluding hydrogens is 280 g/mol. The van der Waals surface area contributed by atoms with E-state index in [1.165, 1.54) is 31.4 Å². The van der Waals surface area contributed by atoms with Crippen molar-refractivity contribution < 1.29 is 8.42 Å². The molecule has 2 unspecified atom stereocenters. The lowest BCUT2D eigenvalue weighted by Gasteiger charge is -2.34. The van der Waals surface area contributed by atoms with Crippen molar-refractivity contribution in [1.82, 2.24) is 5.32 Å². The Balaban J connectivity index is 1.57. The smallest absolute Gasteiger partial charge is 0.157 e. The molecule has 4 nitrogen and oxygen atoms in total. The van der Waals surface area contributed by atoms with Crippen LogP contribution in [0.15, 0.2) is 4.99 Å². The minimum absolute atomic E-state index is 0.301. The van der Waals surface area contributed by atoms with E-state index in [-0.39, 0.29) is 0 Å². The SMILES string of the molecule is O=S1(=O)CCC(NC2=NC3CCCCC3CS2)CC1. The first-order chi connectivity index (χ1) is 9.12. The van der Waals surface area contributed by atoms with Crippen LogP contribution in [0.1, 0.15) is 38.5 Å². The number of amidine groups is 1. The molecule has 0 spiro atoms. The Morgan fingerprint density at radius 1 is 1.11 bits per heavy atom. The van der Waals surface area contributed by atoms with Gasteiger partial charge in [0.2, 0.25) is 0 Å². The predicted octanol–water partition coefficient (Wildman–Crippen LogP) is 1.81. The summed E-state index contributed by atoms with van der Waals surface area (Å²) in [4.78, 5) is 4.85. The number of hydrogen-bond acceptors (Lipinski definition) is 5. The molecule has 2 atom stereocenters. The molecule has 1 N–H and O–H groups in total. The zero-order valence-electron chi connectivity index (χ0n) is 11.2. The molecule has 1 saturated carbocycles. The highest BCUT2D eigenvalue weighted by Gasteiger charge is 2.30. The van der Waals surface area contributed by atoms with E-state index in [2.05, 4.69) is 5.32 Å². The average Bonchev–Trinajstić information content (AvgIpc) is 2.41. The molecule has 3 aliphatic rings. The third kappa shape index (κ3) is 3.45. The van der Waals surface area contributed by atoms with Crippen LogP contribution in [0.4, 0.5) is 0 Å². The third-order valence-electron chi connectivity index (χ3n) is 4.47. The summed E-state index contributed by atoms with van der Waals surface area (Å²) < 4.78 is 22.8. The first-order valence-corrected chi connectivity index (χ1v) is 10.1. The van der Waals surface area contributed by atoms with E-state index < -0.39 is 9.84 Å². The average molecular weight is 302 g/mol. The second-order valence-corrected chi connectivity index (χ2v) is 9.24. The lowest BCUT2D eigenvalue weighted by molar-refractivity contribution is 0.335. The molecule has 108 valence electrons. The minimum atomic E-state index is -2.76. The van der Waals surface area contributed by atoms with E-state index in [1.807, 2.05) is 11.8 Å². The van der Waals surface area contributed by atoms with E-state index in [0.717, 1.165) is 23.9 Å². The summed E-state index contributed by atoms with van der Waals surface area (Å²) >= 11 is 1.83. The number of nitrogens with zero attached hydrogens (tertiary/aromatic N) is 1. The molecule has 0 bridgehead atoms. The Kier molecular flexibility index (Phi) is 4.08. The molecule has 2 fully saturated rings. The molecule has 6 heteroatoms. The molecule has 0 amide bonds. The lowest BCUT2D eigenvalue weighted by atomic mass is 9.86. The number of rotatable bonds is 1. The Morgan fingerprint density at radius 2 is 1.84 bits per heavy atom. The van der Waals surface area contributed by atoms with Crippen LogP contribution in [-0.2, 0) is 9.84 Å². The van der Waals surface area contributed by atoms with Crippen LogP contribution in [0.3, 0.4) is 0 Å². The van der Waals surface area contributed by atoms with Crippen LogP contribution in [-0.4, -0.2) is 42.9 Å². The van der Waals surface area contributed by atoms with E-state index in [1.54, 1.807) is 0 Å². The van der Waals surface area contributed by atoms with Crippen LogP contribution in [0.25, 0.3) is 0 Å². The van der Waals surface area contributed by atoms with Gasteiger partial charge in [-0.3, -0.25) is 4.99 Å². The molecule has 0 aromatic heterocycles. The Bertz CT molecular complexity index is 447. The molecule has 1 aliphatic carbocycles. The minimum Gasteiger partial charge on any atom is -0.362 e. The van der Waals surface area contributed by atoms with E-state index in [9.17, 15) is 8.42 Å². The number of nitrogens with one attached hydrogen (secondary N) is 1. The quantitative estimate of drug-likeness (QED) is 0.802. The van der Waals surface area contributed by atoms with Gasteiger partial charge in [-0.1, -0.05) is 24.6 Å². The first kappa shape index (κ1) is 13.7. The van der Waals surface area contributed by atoms with Crippen molar-refractivity contribution in [3.05, 3.63) is 0 Å². The summed E-state index contributed by atoms with van der Waals surface area (Å²) in [6.07, 6.45) is 6.70. The molecule has 2 heterocycles. The molecule has 0 aromatic rings. The van der Waals surface area contributed by atoms with E-state index in [0.29, 0.717) is 23.6 Å². The predicted molar refractivity (Wildman–Crippen MR) is 80.5 cm³/mol. The first-order valence-electron chi connectivity index (χ1n) is 7.30. The van der Waals surface area contributed by atoms with Gasteiger partial charge in [-0.15, -0.1) is 0 Å². The van der Waals surface area contributed by atoms with Crippen LogP contribution in [0, 0.1) is 5.92 Å². The molecular formula is C13H22N2O2S2. The highest BCUT2D eigenvalue weighted by atomic mass is 32.2. The van der Waals surface area contributed by atoms with E-state index in [4.69, 9.17) is 4.99 Å². The van der Waals surface area contributed by atoms with Gasteiger partial charge >= 0.3 is 0 Å². The van der Waals surface area contributed by atoms with Crippen molar-refractivity contribution in [2.45, 2.75) is 50.6 Å². The van der Waals surface area contributed by atoms with Gasteiger partial charge in [0.05, 0.1) is 17.5 Å². The summed E-state index contributed by atoms with van der Waals surface area (Å²) in [5.41, 5.74) is 0. The number of sulfone groups is 1. The number of thioether (sulfide) groups is 1. The van der Waals surface area contributed by atoms with Crippen molar-refractivity contribution in [3.8, 4) is 0 Å². The van der Waals surface area contributed by atoms with Gasteiger partial charge in [0, 0.05) is 11.8 Å². The number of aliphatic imine (C=N–C) groups is 1. The highest BCUT2D eigenvalue weighted by molar-refractivity contribution is 8.13. The Hall–Kier alpha value is -0.230. The molecule has 19 heavy (non-hydrogen) atoms. The fourth-order valence-corrected chi connectivity index (χ4v) is 5.93. The topological polar surface area (TPSA) is 58.5 Å². The standard InChI is InChI=1S/C13H22N2O2S2/c16-19(17)7-5-11(6-8-19)14-13-15-12-4-2-1-3-10(12)9-18-13/h10-12H,1-9H2,(H,14,15). The molecule has 0 aromatic carbocycles. The lowest BCUT2D eigenvalue weighted by Crippen LogP contribution is -2.42. The largest absolute Gasteiger partial charge is 0.362 e. The van der Waals surface area contributed by atoms with Gasteiger partial charge in [-0.2, -0.15) is 0 Å². The van der Waals surface area contributed by atoms with Crippen LogP contribution < -0.4 is 5.32 Å². The fourth-order valence-electron chi connectivity index (χ4n) is 3.21. The van der Waals surface area contributed by atoms with Crippen LogP contribution >= 0.6 is 11.8 Å². The van der Waals surface area contributed by atoms with Gasteiger partial charge in [0.1, 0.15) is 9.84 Å². The van der Waals surface area contributed by atoms with Crippen molar-refractivity contribution in [2.24, 2.45) is 10.9 Å². The van der Waals surface area contributed by atoms with Crippen molar-refractivity contribution >= 4 is 26.8 Å². The zero-order valence-corrected chi connectivity index (χ0v) is 12.8. The summed E-state index contributed by atoms with van der Waals surface area (Å²) in [5, 5.41) is 4.54. The van der Waals surface area contributed by atoms with Crippen LogP contribution in [0.5, 0.6) is 0 Å². The molecule has 3 rings (SSSR count). The highest BCUT2D eigenvalue weighted by Crippen LogP contribution is 2.33. The molecule has 2 aliphatic heterocycles. The van der Waals surface area contributed by atoms with Gasteiger partial charge in [-0.05, 0) is 31.6 Å². The summed E-state index contributed by atoms with van der Waals surface area (Å²) in [6.45, 7) is 0. The maximum absolute atomic E-state index is 11.4. The van der Waals surface area contributed by atoms with Crippen molar-refractivity contribution in [3.63, 3.8) is 0 Å². The summed E-state index contributed by atoms with van der Waals surface area (Å²) in [7, 11) is -2.76. The number of hydrogen-bond donors (Lipinski definition) is 1. The van der Waals surface area contributed by atoms with E-state index >= 15 is 0 Å². The second kappa shape index (κ2) is 5.64. The number of fused-ring (bicyclic) bond motifs is 1. The molecule has 1 saturated heterocycles. The normalized spacial score (nSPS) is 35.3. The summed E-state index contributed by atoms with van der Waals surface area (Å²) in [5.74, 6) is 2.61. The summed E-state index contributed by atoms with van der Waals surface area (Å²) in [6, 6.07) is 0.819. The zero-order chi connectivity index (χ0) is 13.3. The maximum atomic E-state index is 11.4. The van der Waals surface area contributed by atoms with Crippen LogP contribution in [0.2, 0.25) is 0 Å². The van der Waals surface area contributed by atoms with Crippen molar-refractivity contribution in [2.75, 3.05) is 17.3 Å². The fraction of sp³-hybridized carbons (Fsp3) is 0.923. The van der Waals surface area contributed by atoms with Gasteiger partial charge < -0.3 is 5.32 Å².